The Bertz CT molecular complexity index is 850. The van der Waals surface area contributed by atoms with E-state index in [2.05, 4.69) is 15.5 Å². The molecule has 0 saturated carbocycles. The molecule has 1 aromatic carbocycles. The molecule has 1 saturated heterocycles. The maximum absolute atomic E-state index is 13.8. The first-order chi connectivity index (χ1) is 12.4. The van der Waals surface area contributed by atoms with E-state index in [0.29, 0.717) is 18.3 Å². The molecule has 10 heteroatoms. The topological polar surface area (TPSA) is 89.0 Å². The van der Waals surface area contributed by atoms with E-state index in [1.807, 2.05) is 0 Å². The van der Waals surface area contributed by atoms with Crippen molar-refractivity contribution in [1.29, 1.82) is 0 Å². The fourth-order valence-corrected chi connectivity index (χ4v) is 3.61. The Morgan fingerprint density at radius 3 is 3.12 bits per heavy atom. The van der Waals surface area contributed by atoms with E-state index in [-0.39, 0.29) is 22.5 Å². The molecule has 2 atom stereocenters. The zero-order valence-corrected chi connectivity index (χ0v) is 15.6. The van der Waals surface area contributed by atoms with Gasteiger partial charge in [0.05, 0.1) is 23.6 Å². The lowest BCUT2D eigenvalue weighted by molar-refractivity contribution is -0.115. The molecule has 0 aliphatic carbocycles. The van der Waals surface area contributed by atoms with Gasteiger partial charge in [-0.1, -0.05) is 23.4 Å². The molecule has 1 fully saturated rings. The van der Waals surface area contributed by atoms with Crippen LogP contribution in [0, 0.1) is 5.82 Å². The molecule has 140 valence electrons. The molecule has 0 unspecified atom stereocenters. The first-order valence-corrected chi connectivity index (χ1v) is 9.39. The number of carbonyl (C=O) groups excluding carboxylic acids is 1. The second-order valence-corrected chi connectivity index (χ2v) is 7.67. The van der Waals surface area contributed by atoms with E-state index in [1.54, 1.807) is 6.92 Å². The van der Waals surface area contributed by atoms with Crippen molar-refractivity contribution in [3.8, 4) is 0 Å². The van der Waals surface area contributed by atoms with Crippen LogP contribution in [-0.2, 0) is 16.1 Å². The van der Waals surface area contributed by atoms with Crippen LogP contribution in [0.3, 0.4) is 0 Å². The normalized spacial score (nSPS) is 18.0. The number of nitrogens with zero attached hydrogens (tertiary/aromatic N) is 2. The second-order valence-electron chi connectivity index (χ2n) is 5.93. The first-order valence-electron chi connectivity index (χ1n) is 8.13. The predicted molar refractivity (Wildman–Crippen MR) is 97.2 cm³/mol. The van der Waals surface area contributed by atoms with Gasteiger partial charge in [0, 0.05) is 11.6 Å². The van der Waals surface area contributed by atoms with Gasteiger partial charge in [-0.25, -0.2) is 14.3 Å². The lowest BCUT2D eigenvalue weighted by atomic mass is 10.2. The van der Waals surface area contributed by atoms with Gasteiger partial charge in [0.25, 0.3) is 0 Å². The average molecular weight is 401 g/mol. The fourth-order valence-electron chi connectivity index (χ4n) is 2.58. The molecule has 1 aliphatic rings. The summed E-state index contributed by atoms with van der Waals surface area (Å²) in [4.78, 5) is 24.3. The number of halogens is 2. The first kappa shape index (κ1) is 18.9. The number of thioether (sulfide) groups is 1. The second kappa shape index (κ2) is 8.24. The molecule has 2 N–H and O–H groups in total. The number of aromatic nitrogens is 3. The van der Waals surface area contributed by atoms with Crippen molar-refractivity contribution < 1.29 is 13.9 Å². The number of hydrogen-bond acceptors (Lipinski definition) is 5. The van der Waals surface area contributed by atoms with Gasteiger partial charge in [0.1, 0.15) is 5.82 Å². The highest BCUT2D eigenvalue weighted by molar-refractivity contribution is 8.00. The zero-order valence-electron chi connectivity index (χ0n) is 14.0. The number of ether oxygens (including phenoxy) is 1. The molecule has 26 heavy (non-hydrogen) atoms. The highest BCUT2D eigenvalue weighted by Gasteiger charge is 2.23. The predicted octanol–water partition coefficient (Wildman–Crippen LogP) is 2.66. The number of nitrogens with one attached hydrogen (secondary N) is 2. The number of amides is 1. The molecule has 7 nitrogen and oxygen atoms in total. The lowest BCUT2D eigenvalue weighted by Crippen LogP contribution is -2.27. The third-order valence-corrected chi connectivity index (χ3v) is 5.30. The van der Waals surface area contributed by atoms with Gasteiger partial charge in [-0.15, -0.1) is 5.10 Å². The van der Waals surface area contributed by atoms with Crippen molar-refractivity contribution >= 4 is 35.0 Å². The van der Waals surface area contributed by atoms with Gasteiger partial charge in [0.15, 0.2) is 5.16 Å². The van der Waals surface area contributed by atoms with Crippen LogP contribution in [0.2, 0.25) is 5.02 Å². The summed E-state index contributed by atoms with van der Waals surface area (Å²) < 4.78 is 20.8. The summed E-state index contributed by atoms with van der Waals surface area (Å²) in [6, 6.07) is 4.02. The van der Waals surface area contributed by atoms with Crippen molar-refractivity contribution in [1.82, 2.24) is 14.8 Å². The van der Waals surface area contributed by atoms with Gasteiger partial charge >= 0.3 is 5.69 Å². The maximum Gasteiger partial charge on any atom is 0.344 e. The van der Waals surface area contributed by atoms with Crippen molar-refractivity contribution in [2.75, 3.05) is 11.9 Å². The van der Waals surface area contributed by atoms with Gasteiger partial charge in [-0.2, -0.15) is 0 Å². The highest BCUT2D eigenvalue weighted by atomic mass is 35.5. The van der Waals surface area contributed by atoms with E-state index in [1.165, 1.54) is 16.7 Å². The van der Waals surface area contributed by atoms with E-state index >= 15 is 0 Å². The smallest absolute Gasteiger partial charge is 0.344 e. The molecule has 0 bridgehead atoms. The van der Waals surface area contributed by atoms with Gasteiger partial charge in [-0.3, -0.25) is 9.36 Å². The van der Waals surface area contributed by atoms with E-state index in [0.717, 1.165) is 30.7 Å². The summed E-state index contributed by atoms with van der Waals surface area (Å²) in [5.74, 6) is -1.02. The van der Waals surface area contributed by atoms with Crippen LogP contribution < -0.4 is 11.0 Å². The quantitative estimate of drug-likeness (QED) is 0.728. The summed E-state index contributed by atoms with van der Waals surface area (Å²) in [7, 11) is 0. The van der Waals surface area contributed by atoms with Crippen molar-refractivity contribution in [3.63, 3.8) is 0 Å². The number of rotatable bonds is 6. The fraction of sp³-hybridized carbons (Fsp3) is 0.438. The van der Waals surface area contributed by atoms with E-state index < -0.39 is 17.0 Å². The minimum Gasteiger partial charge on any atom is -0.376 e. The lowest BCUT2D eigenvalue weighted by Gasteiger charge is -2.14. The van der Waals surface area contributed by atoms with Gasteiger partial charge in [-0.05, 0) is 38.0 Å². The third-order valence-electron chi connectivity index (χ3n) is 3.97. The SMILES string of the molecule is C[C@@H](Sc1n[nH]c(=O)n1C[C@H]1CCCO1)C(=O)Nc1ccc(Cl)cc1F. The average Bonchev–Trinajstić information content (AvgIpc) is 3.22. The van der Waals surface area contributed by atoms with Gasteiger partial charge in [0.2, 0.25) is 5.91 Å². The van der Waals surface area contributed by atoms with Crippen LogP contribution in [0.25, 0.3) is 0 Å². The molecule has 0 radical (unpaired) electrons. The molecular weight excluding hydrogens is 383 g/mol. The van der Waals surface area contributed by atoms with Crippen LogP contribution in [0.1, 0.15) is 19.8 Å². The number of carbonyl (C=O) groups is 1. The highest BCUT2D eigenvalue weighted by Crippen LogP contribution is 2.24. The molecule has 1 aromatic heterocycles. The van der Waals surface area contributed by atoms with E-state index in [4.69, 9.17) is 16.3 Å². The molecule has 2 aromatic rings. The summed E-state index contributed by atoms with van der Waals surface area (Å²) in [5, 5.41) is 8.93. The molecule has 1 amide bonds. The van der Waals surface area contributed by atoms with Crippen LogP contribution in [0.4, 0.5) is 10.1 Å². The van der Waals surface area contributed by atoms with Crippen molar-refractivity contribution in [3.05, 3.63) is 39.5 Å². The number of aromatic amines is 1. The summed E-state index contributed by atoms with van der Waals surface area (Å²) in [5.41, 5.74) is -0.301. The van der Waals surface area contributed by atoms with Crippen molar-refractivity contribution in [2.45, 2.75) is 42.8 Å². The minimum absolute atomic E-state index is 0.0306. The van der Waals surface area contributed by atoms with Gasteiger partial charge < -0.3 is 10.1 Å². The standard InChI is InChI=1S/C16H18ClFN4O3S/c1-9(14(23)19-13-5-4-10(17)7-12(13)18)26-16-21-20-15(24)22(16)8-11-3-2-6-25-11/h4-5,7,9,11H,2-3,6,8H2,1H3,(H,19,23)(H,20,24)/t9-,11-/m1/s1. The minimum atomic E-state index is -0.613. The molecule has 1 aliphatic heterocycles. The largest absolute Gasteiger partial charge is 0.376 e. The Labute approximate surface area is 158 Å². The van der Waals surface area contributed by atoms with E-state index in [9.17, 15) is 14.0 Å². The van der Waals surface area contributed by atoms with Crippen LogP contribution in [0.15, 0.2) is 28.2 Å². The maximum atomic E-state index is 13.8. The Kier molecular flexibility index (Phi) is 6.00. The Morgan fingerprint density at radius 2 is 2.42 bits per heavy atom. The molecule has 2 heterocycles. The Hall–Kier alpha value is -1.84. The zero-order chi connectivity index (χ0) is 18.7. The summed E-state index contributed by atoms with van der Waals surface area (Å²) in [6.07, 6.45) is 1.82. The number of H-pyrrole nitrogens is 1. The number of anilines is 1. The monoisotopic (exact) mass is 400 g/mol. The Balaban J connectivity index is 1.66. The molecule has 3 rings (SSSR count). The summed E-state index contributed by atoms with van der Waals surface area (Å²) >= 11 is 6.82. The number of benzene rings is 1. The van der Waals surface area contributed by atoms with Crippen LogP contribution in [0.5, 0.6) is 0 Å². The summed E-state index contributed by atoms with van der Waals surface area (Å²) in [6.45, 7) is 2.73. The molecule has 0 spiro atoms. The molecular formula is C16H18ClFN4O3S. The van der Waals surface area contributed by atoms with Crippen LogP contribution in [-0.4, -0.2) is 38.6 Å². The Morgan fingerprint density at radius 1 is 1.62 bits per heavy atom. The van der Waals surface area contributed by atoms with Crippen molar-refractivity contribution in [2.24, 2.45) is 0 Å². The third kappa shape index (κ3) is 4.46. The number of hydrogen-bond donors (Lipinski definition) is 2. The van der Waals surface area contributed by atoms with Crippen LogP contribution >= 0.6 is 23.4 Å².